The largest absolute Gasteiger partial charge is 0.298 e. The maximum absolute atomic E-state index is 10.6. The van der Waals surface area contributed by atoms with E-state index in [1.165, 1.54) is 0 Å². The number of rotatable bonds is 1. The minimum absolute atomic E-state index is 0.380. The Bertz CT molecular complexity index is 292. The summed E-state index contributed by atoms with van der Waals surface area (Å²) < 4.78 is 6.86. The van der Waals surface area contributed by atoms with Crippen LogP contribution in [-0.4, -0.2) is 6.26 Å². The van der Waals surface area contributed by atoms with Crippen molar-refractivity contribution in [3.63, 3.8) is 0 Å². The standard InChI is InChI=1S/C9H8O/c1-7-4-3-5-9(6-10)8(7)2/h1,3-6H,2H3/i6T. The molecule has 0 N–H and O–H groups in total. The average Bonchev–Trinajstić information content (AvgIpc) is 1.94. The summed E-state index contributed by atoms with van der Waals surface area (Å²) in [6.45, 7) is 7.26. The van der Waals surface area contributed by atoms with E-state index in [-0.39, 0.29) is 0 Å². The van der Waals surface area contributed by atoms with E-state index in [9.17, 15) is 4.79 Å². The van der Waals surface area contributed by atoms with Crippen LogP contribution >= 0.6 is 0 Å². The summed E-state index contributed by atoms with van der Waals surface area (Å²) in [5, 5.41) is 0. The van der Waals surface area contributed by atoms with Crippen molar-refractivity contribution < 1.29 is 6.17 Å². The highest BCUT2D eigenvalue weighted by atomic mass is 16.1. The zero-order valence-electron chi connectivity index (χ0n) is 6.72. The summed E-state index contributed by atoms with van der Waals surface area (Å²) >= 11 is 0. The predicted molar refractivity (Wildman–Crippen MR) is 40.0 cm³/mol. The van der Waals surface area contributed by atoms with Gasteiger partial charge in [-0.3, -0.25) is 4.79 Å². The molecule has 10 heavy (non-hydrogen) atoms. The van der Waals surface area contributed by atoms with Gasteiger partial charge in [-0.15, -0.1) is 0 Å². The molecule has 0 saturated heterocycles. The molecule has 1 aromatic carbocycles. The lowest BCUT2D eigenvalue weighted by Gasteiger charge is -1.99. The first-order chi connectivity index (χ1) is 5.13. The number of aldehydes is 1. The molecule has 1 rings (SSSR count). The highest BCUT2D eigenvalue weighted by molar-refractivity contribution is 5.77. The van der Waals surface area contributed by atoms with Gasteiger partial charge >= 0.3 is 0 Å². The van der Waals surface area contributed by atoms with Crippen LogP contribution in [0, 0.1) is 13.8 Å². The molecule has 0 aliphatic heterocycles. The van der Waals surface area contributed by atoms with Crippen LogP contribution in [0.3, 0.4) is 0 Å². The summed E-state index contributed by atoms with van der Waals surface area (Å²) in [7, 11) is 0. The quantitative estimate of drug-likeness (QED) is 0.536. The van der Waals surface area contributed by atoms with Crippen molar-refractivity contribution >= 4 is 6.26 Å². The van der Waals surface area contributed by atoms with Crippen molar-refractivity contribution in [3.8, 4) is 0 Å². The van der Waals surface area contributed by atoms with Gasteiger partial charge in [0.25, 0.3) is 0 Å². The molecule has 0 fully saturated rings. The molecular weight excluding hydrogens is 124 g/mol. The number of hydrogen-bond acceptors (Lipinski definition) is 1. The first-order valence-electron chi connectivity index (χ1n) is 3.49. The van der Waals surface area contributed by atoms with Crippen LogP contribution in [0.25, 0.3) is 0 Å². The van der Waals surface area contributed by atoms with Crippen LogP contribution in [0.1, 0.15) is 22.9 Å². The molecule has 0 aliphatic rings. The topological polar surface area (TPSA) is 17.1 Å². The lowest BCUT2D eigenvalue weighted by atomic mass is 10.1. The van der Waals surface area contributed by atoms with E-state index in [2.05, 4.69) is 0 Å². The van der Waals surface area contributed by atoms with Gasteiger partial charge in [-0.05, 0) is 25.0 Å². The molecule has 0 amide bonds. The molecule has 1 nitrogen and oxygen atoms in total. The Labute approximate surface area is 62.1 Å². The summed E-state index contributed by atoms with van der Waals surface area (Å²) in [5.41, 5.74) is 1.63. The Balaban J connectivity index is 3.27. The van der Waals surface area contributed by atoms with Gasteiger partial charge in [0.2, 0.25) is 0 Å². The van der Waals surface area contributed by atoms with Crippen molar-refractivity contribution in [2.75, 3.05) is 0 Å². The third-order valence-electron chi connectivity index (χ3n) is 1.49. The predicted octanol–water partition coefficient (Wildman–Crippen LogP) is 1.87. The van der Waals surface area contributed by atoms with Crippen molar-refractivity contribution in [1.29, 1.82) is 0 Å². The molecule has 50 valence electrons. The number of carbonyl (C=O) groups excluding carboxylic acids is 1. The molecule has 2 radical (unpaired) electrons. The van der Waals surface area contributed by atoms with Crippen LogP contribution in [0.5, 0.6) is 0 Å². The second kappa shape index (κ2) is 2.65. The van der Waals surface area contributed by atoms with Gasteiger partial charge in [-0.2, -0.15) is 0 Å². The van der Waals surface area contributed by atoms with E-state index in [4.69, 9.17) is 8.29 Å². The molecular formula is C9H8O. The van der Waals surface area contributed by atoms with E-state index in [1.807, 2.05) is 0 Å². The molecule has 0 bridgehead atoms. The highest BCUT2D eigenvalue weighted by Crippen LogP contribution is 2.09. The second-order valence-electron chi connectivity index (χ2n) is 2.12. The van der Waals surface area contributed by atoms with Crippen LogP contribution in [-0.2, 0) is 0 Å². The third kappa shape index (κ3) is 1.08. The fraction of sp³-hybridized carbons (Fsp3) is 0.111. The molecule has 0 aliphatic carbocycles. The summed E-state index contributed by atoms with van der Waals surface area (Å²) in [6, 6.07) is 4.98. The number of carbonyl (C=O) groups is 1. The average molecular weight is 134 g/mol. The van der Waals surface area contributed by atoms with Gasteiger partial charge in [-0.25, -0.2) is 0 Å². The minimum atomic E-state index is -0.685. The molecule has 0 heterocycles. The molecule has 1 aromatic rings. The summed E-state index contributed by atoms with van der Waals surface area (Å²) in [4.78, 5) is 10.6. The first-order valence-corrected chi connectivity index (χ1v) is 2.99. The SMILES string of the molecule is [3H]C(=O)c1cccc([CH])c1C. The molecule has 0 saturated carbocycles. The van der Waals surface area contributed by atoms with Crippen LogP contribution in [0.2, 0.25) is 0 Å². The Kier molecular flexibility index (Phi) is 1.50. The fourth-order valence-electron chi connectivity index (χ4n) is 0.764. The third-order valence-corrected chi connectivity index (χ3v) is 1.49. The van der Waals surface area contributed by atoms with E-state index in [0.717, 1.165) is 0 Å². The van der Waals surface area contributed by atoms with Crippen molar-refractivity contribution in [2.24, 2.45) is 0 Å². The van der Waals surface area contributed by atoms with Crippen LogP contribution in [0.4, 0.5) is 0 Å². The lowest BCUT2D eigenvalue weighted by Crippen LogP contribution is -1.87. The molecule has 0 spiro atoms. The van der Waals surface area contributed by atoms with Gasteiger partial charge in [0.1, 0.15) is 7.63 Å². The lowest BCUT2D eigenvalue weighted by molar-refractivity contribution is 0.112. The van der Waals surface area contributed by atoms with Crippen molar-refractivity contribution in [1.82, 2.24) is 0 Å². The maximum atomic E-state index is 10.6. The van der Waals surface area contributed by atoms with Crippen molar-refractivity contribution in [3.05, 3.63) is 41.8 Å². The number of benzene rings is 1. The molecule has 0 aromatic heterocycles. The Morgan fingerprint density at radius 1 is 1.70 bits per heavy atom. The van der Waals surface area contributed by atoms with E-state index in [1.54, 1.807) is 25.1 Å². The fourth-order valence-corrected chi connectivity index (χ4v) is 0.764. The second-order valence-corrected chi connectivity index (χ2v) is 2.12. The molecule has 0 atom stereocenters. The minimum Gasteiger partial charge on any atom is -0.298 e. The van der Waals surface area contributed by atoms with Gasteiger partial charge in [0.15, 0.2) is 0 Å². The summed E-state index contributed by atoms with van der Waals surface area (Å²) in [5.74, 6) is 0. The van der Waals surface area contributed by atoms with Crippen LogP contribution < -0.4 is 0 Å². The van der Waals surface area contributed by atoms with Crippen molar-refractivity contribution in [2.45, 2.75) is 6.92 Å². The maximum Gasteiger partial charge on any atom is 0.150 e. The van der Waals surface area contributed by atoms with Gasteiger partial charge in [0, 0.05) is 5.56 Å². The Morgan fingerprint density at radius 2 is 2.40 bits per heavy atom. The van der Waals surface area contributed by atoms with E-state index in [0.29, 0.717) is 16.7 Å². The number of hydrogen-bond donors (Lipinski definition) is 0. The van der Waals surface area contributed by atoms with Gasteiger partial charge < -0.3 is 0 Å². The van der Waals surface area contributed by atoms with Crippen LogP contribution in [0.15, 0.2) is 18.2 Å². The highest BCUT2D eigenvalue weighted by Gasteiger charge is 1.96. The Morgan fingerprint density at radius 3 is 2.90 bits per heavy atom. The van der Waals surface area contributed by atoms with Gasteiger partial charge in [0.05, 0.1) is 0 Å². The van der Waals surface area contributed by atoms with E-state index < -0.39 is 6.26 Å². The van der Waals surface area contributed by atoms with Gasteiger partial charge in [-0.1, -0.05) is 18.2 Å². The van der Waals surface area contributed by atoms with E-state index >= 15 is 0 Å². The summed E-state index contributed by atoms with van der Waals surface area (Å²) in [6.07, 6.45) is -0.685. The smallest absolute Gasteiger partial charge is 0.150 e. The first kappa shape index (κ1) is 5.66. The zero-order valence-corrected chi connectivity index (χ0v) is 5.72. The normalized spacial score (nSPS) is 10.8. The molecule has 1 heteroatoms. The molecule has 0 unspecified atom stereocenters. The Hall–Kier alpha value is -1.11. The monoisotopic (exact) mass is 134 g/mol. The zero-order chi connectivity index (χ0) is 8.43.